The summed E-state index contributed by atoms with van der Waals surface area (Å²) in [4.78, 5) is 50.3. The van der Waals surface area contributed by atoms with Crippen molar-refractivity contribution in [3.8, 4) is 0 Å². The van der Waals surface area contributed by atoms with Crippen molar-refractivity contribution in [1.29, 1.82) is 0 Å². The fourth-order valence-electron chi connectivity index (χ4n) is 3.95. The van der Waals surface area contributed by atoms with E-state index in [1.54, 1.807) is 0 Å². The molecule has 1 atom stereocenters. The molecule has 172 valence electrons. The summed E-state index contributed by atoms with van der Waals surface area (Å²) in [5.74, 6) is -3.01. The van der Waals surface area contributed by atoms with Crippen LogP contribution < -0.4 is 16.0 Å². The normalized spacial score (nSPS) is 20.8. The molecule has 0 aliphatic carbocycles. The van der Waals surface area contributed by atoms with Gasteiger partial charge in [-0.1, -0.05) is 0 Å². The third-order valence-corrected chi connectivity index (χ3v) is 7.39. The largest absolute Gasteiger partial charge is 0.355 e. The van der Waals surface area contributed by atoms with Crippen molar-refractivity contribution in [2.45, 2.75) is 16.9 Å². The number of imide groups is 1. The quantitative estimate of drug-likeness (QED) is 0.441. The van der Waals surface area contributed by atoms with Crippen LogP contribution in [0.4, 0.5) is 14.9 Å². The van der Waals surface area contributed by atoms with E-state index in [9.17, 15) is 32.0 Å². The van der Waals surface area contributed by atoms with Gasteiger partial charge in [0, 0.05) is 23.9 Å². The van der Waals surface area contributed by atoms with E-state index in [4.69, 9.17) is 0 Å². The molecule has 33 heavy (non-hydrogen) atoms. The summed E-state index contributed by atoms with van der Waals surface area (Å²) >= 11 is 0. The maximum atomic E-state index is 13.9. The molecule has 12 heteroatoms. The number of nitrogens with zero attached hydrogens (tertiary/aromatic N) is 1. The average Bonchev–Trinajstić information content (AvgIpc) is 3.01. The van der Waals surface area contributed by atoms with Crippen LogP contribution in [0, 0.1) is 5.82 Å². The Kier molecular flexibility index (Phi) is 5.40. The standard InChI is InChI=1S/C21H19FN4O6S/c1-23-18(28)12-2-5-14(6-3-12)24-17(27)11-26-19(29)21(25-20(26)30)8-9-33(31,32)16-7-4-13(22)10-15(16)21/h2-7,10H,8-9,11H2,1H3,(H,23,28)(H,24,27)(H,25,30)/t21-/m1/s1. The summed E-state index contributed by atoms with van der Waals surface area (Å²) in [6, 6.07) is 8.02. The zero-order chi connectivity index (χ0) is 24.0. The Morgan fingerprint density at radius 1 is 1.15 bits per heavy atom. The fraction of sp³-hybridized carbons (Fsp3) is 0.238. The molecule has 4 rings (SSSR count). The molecule has 0 bridgehead atoms. The Morgan fingerprint density at radius 3 is 2.52 bits per heavy atom. The molecule has 0 unspecified atom stereocenters. The molecule has 2 aromatic carbocycles. The number of sulfone groups is 1. The Bertz CT molecular complexity index is 1290. The number of halogens is 1. The molecular weight excluding hydrogens is 455 g/mol. The van der Waals surface area contributed by atoms with Crippen molar-refractivity contribution >= 4 is 39.3 Å². The number of nitrogens with one attached hydrogen (secondary N) is 3. The third kappa shape index (κ3) is 3.82. The van der Waals surface area contributed by atoms with Gasteiger partial charge in [0.1, 0.15) is 17.9 Å². The van der Waals surface area contributed by atoms with Gasteiger partial charge >= 0.3 is 6.03 Å². The van der Waals surface area contributed by atoms with Gasteiger partial charge in [0.25, 0.3) is 11.8 Å². The molecule has 2 aromatic rings. The Labute approximate surface area is 188 Å². The van der Waals surface area contributed by atoms with Crippen LogP contribution in [0.1, 0.15) is 22.3 Å². The van der Waals surface area contributed by atoms with Crippen LogP contribution in [0.25, 0.3) is 0 Å². The van der Waals surface area contributed by atoms with E-state index in [2.05, 4.69) is 16.0 Å². The zero-order valence-electron chi connectivity index (χ0n) is 17.3. The van der Waals surface area contributed by atoms with Crippen LogP contribution in [0.3, 0.4) is 0 Å². The highest BCUT2D eigenvalue weighted by Crippen LogP contribution is 2.41. The Hall–Kier alpha value is -3.80. The molecule has 2 aliphatic rings. The van der Waals surface area contributed by atoms with E-state index >= 15 is 0 Å². The third-order valence-electron chi connectivity index (χ3n) is 5.62. The van der Waals surface area contributed by atoms with E-state index in [0.717, 1.165) is 18.2 Å². The second kappa shape index (κ2) is 7.96. The molecule has 1 saturated heterocycles. The maximum absolute atomic E-state index is 13.9. The number of hydrogen-bond acceptors (Lipinski definition) is 6. The summed E-state index contributed by atoms with van der Waals surface area (Å²) in [7, 11) is -2.27. The fourth-order valence-corrected chi connectivity index (χ4v) is 5.59. The predicted octanol–water partition coefficient (Wildman–Crippen LogP) is 0.748. The van der Waals surface area contributed by atoms with Gasteiger partial charge in [-0.15, -0.1) is 0 Å². The molecule has 0 saturated carbocycles. The first-order valence-electron chi connectivity index (χ1n) is 9.86. The lowest BCUT2D eigenvalue weighted by atomic mass is 9.86. The first-order chi connectivity index (χ1) is 15.6. The number of hydrogen-bond donors (Lipinski definition) is 3. The average molecular weight is 474 g/mol. The van der Waals surface area contributed by atoms with Gasteiger partial charge in [-0.05, 0) is 48.9 Å². The first kappa shape index (κ1) is 22.4. The minimum absolute atomic E-state index is 0.153. The van der Waals surface area contributed by atoms with Gasteiger partial charge in [-0.3, -0.25) is 19.3 Å². The topological polar surface area (TPSA) is 142 Å². The van der Waals surface area contributed by atoms with Gasteiger partial charge < -0.3 is 16.0 Å². The molecule has 3 N–H and O–H groups in total. The second-order valence-electron chi connectivity index (χ2n) is 7.64. The minimum atomic E-state index is -3.75. The highest BCUT2D eigenvalue weighted by Gasteiger charge is 2.56. The number of urea groups is 1. The van der Waals surface area contributed by atoms with Crippen LogP contribution in [0.2, 0.25) is 0 Å². The second-order valence-corrected chi connectivity index (χ2v) is 9.72. The van der Waals surface area contributed by atoms with Crippen LogP contribution >= 0.6 is 0 Å². The summed E-state index contributed by atoms with van der Waals surface area (Å²) in [6.07, 6.45) is -0.282. The molecule has 5 amide bonds. The van der Waals surface area contributed by atoms with Gasteiger partial charge in [-0.2, -0.15) is 0 Å². The van der Waals surface area contributed by atoms with Crippen molar-refractivity contribution in [3.05, 3.63) is 59.4 Å². The van der Waals surface area contributed by atoms with Crippen molar-refractivity contribution in [3.63, 3.8) is 0 Å². The molecule has 1 fully saturated rings. The molecule has 10 nitrogen and oxygen atoms in total. The first-order valence-corrected chi connectivity index (χ1v) is 11.5. The van der Waals surface area contributed by atoms with Crippen LogP contribution in [0.15, 0.2) is 47.4 Å². The predicted molar refractivity (Wildman–Crippen MR) is 113 cm³/mol. The minimum Gasteiger partial charge on any atom is -0.355 e. The van der Waals surface area contributed by atoms with E-state index < -0.39 is 51.3 Å². The monoisotopic (exact) mass is 474 g/mol. The number of carbonyl (C=O) groups is 4. The summed E-state index contributed by atoms with van der Waals surface area (Å²) in [5, 5.41) is 7.46. The van der Waals surface area contributed by atoms with E-state index in [-0.39, 0.29) is 22.8 Å². The number of carbonyl (C=O) groups excluding carboxylic acids is 4. The lowest BCUT2D eigenvalue weighted by Gasteiger charge is -2.32. The van der Waals surface area contributed by atoms with Crippen molar-refractivity contribution < 1.29 is 32.0 Å². The maximum Gasteiger partial charge on any atom is 0.325 e. The Morgan fingerprint density at radius 2 is 1.85 bits per heavy atom. The lowest BCUT2D eigenvalue weighted by molar-refractivity contribution is -0.134. The number of benzene rings is 2. The molecule has 1 spiro atoms. The van der Waals surface area contributed by atoms with E-state index in [1.807, 2.05) is 0 Å². The molecule has 2 aliphatic heterocycles. The van der Waals surface area contributed by atoms with Gasteiger partial charge in [0.2, 0.25) is 5.91 Å². The van der Waals surface area contributed by atoms with Gasteiger partial charge in [0.05, 0.1) is 10.6 Å². The van der Waals surface area contributed by atoms with E-state index in [1.165, 1.54) is 31.3 Å². The van der Waals surface area contributed by atoms with Crippen molar-refractivity contribution in [2.75, 3.05) is 24.7 Å². The molecular formula is C21H19FN4O6S. The zero-order valence-corrected chi connectivity index (χ0v) is 18.2. The highest BCUT2D eigenvalue weighted by molar-refractivity contribution is 7.91. The molecule has 0 aromatic heterocycles. The van der Waals surface area contributed by atoms with Crippen LogP contribution in [-0.4, -0.2) is 56.4 Å². The lowest BCUT2D eigenvalue weighted by Crippen LogP contribution is -2.49. The van der Waals surface area contributed by atoms with Crippen molar-refractivity contribution in [1.82, 2.24) is 15.5 Å². The highest BCUT2D eigenvalue weighted by atomic mass is 32.2. The molecule has 2 heterocycles. The van der Waals surface area contributed by atoms with Gasteiger partial charge in [-0.25, -0.2) is 17.6 Å². The number of anilines is 1. The summed E-state index contributed by atoms with van der Waals surface area (Å²) in [5.41, 5.74) is -1.20. The van der Waals surface area contributed by atoms with E-state index in [0.29, 0.717) is 16.2 Å². The number of amides is 5. The van der Waals surface area contributed by atoms with Gasteiger partial charge in [0.15, 0.2) is 9.84 Å². The smallest absolute Gasteiger partial charge is 0.325 e. The number of fused-ring (bicyclic) bond motifs is 2. The SMILES string of the molecule is CNC(=O)c1ccc(NC(=O)CN2C(=O)N[C@@]3(CCS(=O)(=O)c4ccc(F)cc43)C2=O)cc1. The number of rotatable bonds is 4. The Balaban J connectivity index is 1.55. The van der Waals surface area contributed by atoms with Crippen LogP contribution in [0.5, 0.6) is 0 Å². The summed E-state index contributed by atoms with van der Waals surface area (Å²) < 4.78 is 38.8. The van der Waals surface area contributed by atoms with Crippen molar-refractivity contribution in [2.24, 2.45) is 0 Å². The molecule has 0 radical (unpaired) electrons. The van der Waals surface area contributed by atoms with Crippen LogP contribution in [-0.2, 0) is 25.0 Å². The summed E-state index contributed by atoms with van der Waals surface area (Å²) in [6.45, 7) is -0.638.